The van der Waals surface area contributed by atoms with Gasteiger partial charge in [0.15, 0.2) is 0 Å². The molecule has 0 radical (unpaired) electrons. The maximum absolute atomic E-state index is 11.6. The van der Waals surface area contributed by atoms with E-state index in [1.807, 2.05) is 12.3 Å². The maximum Gasteiger partial charge on any atom is 0.222 e. The monoisotopic (exact) mass is 492 g/mol. The van der Waals surface area contributed by atoms with Crippen LogP contribution in [-0.4, -0.2) is 60.5 Å². The summed E-state index contributed by atoms with van der Waals surface area (Å²) in [7, 11) is 0. The molecule has 9 heteroatoms. The lowest BCUT2D eigenvalue weighted by atomic mass is 9.83. The number of aromatic amines is 1. The number of amides is 1. The summed E-state index contributed by atoms with van der Waals surface area (Å²) in [5.41, 5.74) is 4.15. The van der Waals surface area contributed by atoms with Crippen LogP contribution >= 0.6 is 0 Å². The first-order valence-corrected chi connectivity index (χ1v) is 12.7. The van der Waals surface area contributed by atoms with Crippen LogP contribution in [0.3, 0.4) is 0 Å². The highest BCUT2D eigenvalue weighted by molar-refractivity contribution is 5.97. The lowest BCUT2D eigenvalue weighted by Gasteiger charge is -2.36. The van der Waals surface area contributed by atoms with Crippen molar-refractivity contribution < 1.29 is 23.7 Å². The highest BCUT2D eigenvalue weighted by Gasteiger charge is 2.44. The van der Waals surface area contributed by atoms with E-state index in [2.05, 4.69) is 28.3 Å². The highest BCUT2D eigenvalue weighted by atomic mass is 16.6. The van der Waals surface area contributed by atoms with Gasteiger partial charge in [-0.05, 0) is 18.9 Å². The van der Waals surface area contributed by atoms with Gasteiger partial charge in [0.2, 0.25) is 5.91 Å². The second-order valence-electron chi connectivity index (χ2n) is 10.4. The molecular weight excluding hydrogens is 460 g/mol. The smallest absolute Gasteiger partial charge is 0.222 e. The van der Waals surface area contributed by atoms with E-state index < -0.39 is 5.60 Å². The van der Waals surface area contributed by atoms with Gasteiger partial charge in [0, 0.05) is 73.8 Å². The summed E-state index contributed by atoms with van der Waals surface area (Å²) in [6, 6.07) is 3.93. The number of H-pyrrole nitrogens is 1. The third kappa shape index (κ3) is 4.25. The lowest BCUT2D eigenvalue weighted by Crippen LogP contribution is -2.38. The number of hydrogen-bond donors (Lipinski definition) is 2. The molecule has 3 aromatic rings. The van der Waals surface area contributed by atoms with Crippen LogP contribution in [0.2, 0.25) is 0 Å². The normalized spacial score (nSPS) is 23.1. The van der Waals surface area contributed by atoms with Gasteiger partial charge in [-0.3, -0.25) is 4.79 Å². The molecule has 6 heterocycles. The van der Waals surface area contributed by atoms with Crippen molar-refractivity contribution in [3.05, 3.63) is 35.8 Å². The van der Waals surface area contributed by atoms with Crippen LogP contribution in [0.4, 0.5) is 5.82 Å². The number of aromatic nitrogens is 3. The first-order valence-electron chi connectivity index (χ1n) is 12.7. The van der Waals surface area contributed by atoms with Gasteiger partial charge < -0.3 is 29.2 Å². The maximum atomic E-state index is 11.6. The molecule has 0 bridgehead atoms. The van der Waals surface area contributed by atoms with Gasteiger partial charge in [0.1, 0.15) is 17.2 Å². The molecule has 2 fully saturated rings. The first-order chi connectivity index (χ1) is 17.4. The molecule has 0 saturated carbocycles. The molecule has 2 N–H and O–H groups in total. The fourth-order valence-corrected chi connectivity index (χ4v) is 5.44. The van der Waals surface area contributed by atoms with Crippen LogP contribution in [0.25, 0.3) is 22.2 Å². The van der Waals surface area contributed by atoms with Crippen LogP contribution in [-0.2, 0) is 31.0 Å². The average molecular weight is 493 g/mol. The fourth-order valence-electron chi connectivity index (χ4n) is 5.44. The van der Waals surface area contributed by atoms with Crippen molar-refractivity contribution in [2.24, 2.45) is 5.41 Å². The van der Waals surface area contributed by atoms with Crippen molar-refractivity contribution in [2.75, 3.05) is 45.0 Å². The van der Waals surface area contributed by atoms with E-state index in [4.69, 9.17) is 23.9 Å². The molecule has 190 valence electrons. The zero-order valence-corrected chi connectivity index (χ0v) is 20.8. The average Bonchev–Trinajstić information content (AvgIpc) is 3.51. The van der Waals surface area contributed by atoms with Crippen LogP contribution in [0.5, 0.6) is 5.75 Å². The van der Waals surface area contributed by atoms with Crippen molar-refractivity contribution in [3.63, 3.8) is 0 Å². The summed E-state index contributed by atoms with van der Waals surface area (Å²) < 4.78 is 24.3. The molecule has 3 aliphatic heterocycles. The van der Waals surface area contributed by atoms with Gasteiger partial charge >= 0.3 is 0 Å². The van der Waals surface area contributed by atoms with Crippen molar-refractivity contribution in [1.29, 1.82) is 0 Å². The van der Waals surface area contributed by atoms with Crippen molar-refractivity contribution >= 4 is 22.6 Å². The number of nitrogens with zero attached hydrogens (tertiary/aromatic N) is 2. The van der Waals surface area contributed by atoms with E-state index in [-0.39, 0.29) is 11.3 Å². The Bertz CT molecular complexity index is 1290. The van der Waals surface area contributed by atoms with Crippen LogP contribution in [0.1, 0.15) is 44.4 Å². The number of nitrogens with one attached hydrogen (secondary N) is 2. The topological polar surface area (TPSA) is 108 Å². The number of carbonyl (C=O) groups excluding carboxylic acids is 1. The standard InChI is InChI=1S/C27H32N4O5/c1-17(32)30-24-11-19-20(13-28-22(19)14-29-24)21-12-23(35-15-26(2)4-8-33-9-5-26)18-3-7-36-27(25(18)31-21)6-10-34-16-27/h11-14,28H,3-10,15-16H2,1-2H3,(H,29,30,32). The molecule has 1 atom stereocenters. The first kappa shape index (κ1) is 23.4. The number of pyridine rings is 2. The SMILES string of the molecule is CC(=O)Nc1cc2c(-c3cc(OCC4(C)CCOCC4)c4c(n3)C3(CCOC3)OCC4)c[nH]c2cn1. The Balaban J connectivity index is 1.44. The van der Waals surface area contributed by atoms with Gasteiger partial charge in [-0.15, -0.1) is 0 Å². The number of carbonyl (C=O) groups is 1. The second kappa shape index (κ2) is 9.14. The molecule has 1 unspecified atom stereocenters. The lowest BCUT2D eigenvalue weighted by molar-refractivity contribution is -0.114. The number of ether oxygens (including phenoxy) is 4. The Hall–Kier alpha value is -3.01. The number of rotatable bonds is 5. The molecule has 36 heavy (non-hydrogen) atoms. The highest BCUT2D eigenvalue weighted by Crippen LogP contribution is 2.44. The summed E-state index contributed by atoms with van der Waals surface area (Å²) in [6.45, 7) is 7.69. The van der Waals surface area contributed by atoms with Crippen LogP contribution in [0.15, 0.2) is 24.5 Å². The predicted octanol–water partition coefficient (Wildman–Crippen LogP) is 3.97. The second-order valence-corrected chi connectivity index (χ2v) is 10.4. The Morgan fingerprint density at radius 3 is 2.78 bits per heavy atom. The predicted molar refractivity (Wildman–Crippen MR) is 134 cm³/mol. The quantitative estimate of drug-likeness (QED) is 0.555. The van der Waals surface area contributed by atoms with Gasteiger partial charge in [-0.1, -0.05) is 6.92 Å². The van der Waals surface area contributed by atoms with Crippen molar-refractivity contribution in [1.82, 2.24) is 15.0 Å². The Kier molecular flexibility index (Phi) is 5.94. The van der Waals surface area contributed by atoms with Gasteiger partial charge in [0.25, 0.3) is 0 Å². The van der Waals surface area contributed by atoms with E-state index in [0.717, 1.165) is 78.1 Å². The summed E-state index contributed by atoms with van der Waals surface area (Å²) in [5, 5.41) is 3.70. The number of anilines is 1. The van der Waals surface area contributed by atoms with Crippen molar-refractivity contribution in [3.8, 4) is 17.0 Å². The minimum absolute atomic E-state index is 0.0770. The molecule has 2 saturated heterocycles. The molecule has 9 nitrogen and oxygen atoms in total. The van der Waals surface area contributed by atoms with Gasteiger partial charge in [0.05, 0.1) is 42.9 Å². The van der Waals surface area contributed by atoms with Crippen LogP contribution < -0.4 is 10.1 Å². The summed E-state index contributed by atoms with van der Waals surface area (Å²) >= 11 is 0. The zero-order valence-electron chi connectivity index (χ0n) is 20.8. The van der Waals surface area contributed by atoms with E-state index >= 15 is 0 Å². The molecule has 1 amide bonds. The largest absolute Gasteiger partial charge is 0.493 e. The number of fused-ring (bicyclic) bond motifs is 3. The zero-order chi connectivity index (χ0) is 24.8. The minimum atomic E-state index is -0.542. The third-order valence-corrected chi connectivity index (χ3v) is 7.65. The molecular formula is C27H32N4O5. The molecule has 3 aliphatic rings. The fraction of sp³-hybridized carbons (Fsp3) is 0.519. The Labute approximate surface area is 209 Å². The van der Waals surface area contributed by atoms with Crippen molar-refractivity contribution in [2.45, 2.75) is 45.1 Å². The van der Waals surface area contributed by atoms with E-state index in [1.165, 1.54) is 6.92 Å². The van der Waals surface area contributed by atoms with Gasteiger partial charge in [-0.2, -0.15) is 0 Å². The van der Waals surface area contributed by atoms with E-state index in [1.54, 1.807) is 6.20 Å². The van der Waals surface area contributed by atoms with E-state index in [9.17, 15) is 4.79 Å². The third-order valence-electron chi connectivity index (χ3n) is 7.65. The molecule has 0 aliphatic carbocycles. The summed E-state index contributed by atoms with van der Waals surface area (Å²) in [6.07, 6.45) is 7.15. The molecule has 3 aromatic heterocycles. The van der Waals surface area contributed by atoms with Gasteiger partial charge in [-0.25, -0.2) is 9.97 Å². The minimum Gasteiger partial charge on any atom is -0.493 e. The summed E-state index contributed by atoms with van der Waals surface area (Å²) in [4.78, 5) is 24.4. The molecule has 1 spiro atoms. The number of hydrogen-bond acceptors (Lipinski definition) is 7. The Morgan fingerprint density at radius 1 is 1.17 bits per heavy atom. The van der Waals surface area contributed by atoms with Crippen LogP contribution in [0, 0.1) is 5.41 Å². The van der Waals surface area contributed by atoms with E-state index in [0.29, 0.717) is 32.2 Å². The molecule has 0 aromatic carbocycles. The molecule has 6 rings (SSSR count). The summed E-state index contributed by atoms with van der Waals surface area (Å²) in [5.74, 6) is 1.20. The Morgan fingerprint density at radius 2 is 2.00 bits per heavy atom.